The highest BCUT2D eigenvalue weighted by atomic mass is 32.2. The number of amides is 1. The zero-order valence-electron chi connectivity index (χ0n) is 6.76. The lowest BCUT2D eigenvalue weighted by molar-refractivity contribution is 0.178. The minimum atomic E-state index is -0.296. The zero-order chi connectivity index (χ0) is 8.65. The third-order valence-electron chi connectivity index (χ3n) is 1.30. The Hall–Kier alpha value is -0.460. The van der Waals surface area contributed by atoms with Crippen LogP contribution < -0.4 is 15.6 Å². The first-order chi connectivity index (χ1) is 5.89. The Balaban J connectivity index is 0.000000120. The van der Waals surface area contributed by atoms with Crippen LogP contribution in [0, 0.1) is 0 Å². The lowest BCUT2D eigenvalue weighted by Gasteiger charge is -2.10. The molecule has 5 nitrogen and oxygen atoms in total. The smallest absolute Gasteiger partial charge is 0.407 e. The molecule has 0 radical (unpaired) electrons. The summed E-state index contributed by atoms with van der Waals surface area (Å²) >= 11 is 1.73. The fourth-order valence-corrected chi connectivity index (χ4v) is 1.33. The van der Waals surface area contributed by atoms with Crippen LogP contribution in [0.3, 0.4) is 0 Å². The van der Waals surface area contributed by atoms with Gasteiger partial charge < -0.3 is 10.1 Å². The number of alkyl carbamates (subject to hydrolysis) is 1. The van der Waals surface area contributed by atoms with Crippen molar-refractivity contribution in [3.05, 3.63) is 0 Å². The van der Waals surface area contributed by atoms with Gasteiger partial charge in [-0.3, -0.25) is 0 Å². The molecule has 0 atom stereocenters. The van der Waals surface area contributed by atoms with E-state index in [1.807, 2.05) is 0 Å². The highest BCUT2D eigenvalue weighted by Gasteiger charge is 2.06. The van der Waals surface area contributed by atoms with Crippen LogP contribution in [-0.4, -0.2) is 31.5 Å². The first kappa shape index (κ1) is 9.63. The van der Waals surface area contributed by atoms with Crippen molar-refractivity contribution >= 4 is 18.0 Å². The molecule has 6 heteroatoms. The van der Waals surface area contributed by atoms with Gasteiger partial charge in [-0.25, -0.2) is 15.1 Å². The number of ether oxygens (including phenoxy) is 1. The van der Waals surface area contributed by atoms with E-state index < -0.39 is 0 Å². The van der Waals surface area contributed by atoms with E-state index in [1.54, 1.807) is 11.9 Å². The van der Waals surface area contributed by atoms with Crippen molar-refractivity contribution in [3.8, 4) is 0 Å². The summed E-state index contributed by atoms with van der Waals surface area (Å²) in [7, 11) is 0. The van der Waals surface area contributed by atoms with E-state index in [0.29, 0.717) is 13.2 Å². The van der Waals surface area contributed by atoms with E-state index in [0.717, 1.165) is 6.54 Å². The molecule has 0 spiro atoms. The molecule has 0 aromatic carbocycles. The fraction of sp³-hybridized carbons (Fsp3) is 0.833. The molecule has 2 aliphatic heterocycles. The molecule has 0 unspecified atom stereocenters. The number of hydrogen-bond acceptors (Lipinski definition) is 5. The molecule has 12 heavy (non-hydrogen) atoms. The number of nitrogens with one attached hydrogen (secondary N) is 3. The highest BCUT2D eigenvalue weighted by molar-refractivity contribution is 7.97. The third-order valence-corrected chi connectivity index (χ3v) is 2.08. The molecule has 2 saturated heterocycles. The molecule has 2 fully saturated rings. The molecular formula is C6H13N3O2S. The second-order valence-corrected chi connectivity index (χ2v) is 3.19. The molecule has 0 aromatic heterocycles. The Bertz CT molecular complexity index is 121. The highest BCUT2D eigenvalue weighted by Crippen LogP contribution is 1.96. The standard InChI is InChI=1S/C3H8N2S.C3H5NO2/c1-2-4-5-6-3-1;5-3-4-1-2-6-3/h4-5H,1-3H2;1-2H2,(H,4,5). The second-order valence-electron chi connectivity index (χ2n) is 2.29. The SMILES string of the molecule is C1CNNSC1.O=C1NCCO1. The molecule has 70 valence electrons. The van der Waals surface area contributed by atoms with Gasteiger partial charge in [0.05, 0.1) is 6.54 Å². The van der Waals surface area contributed by atoms with E-state index in [9.17, 15) is 4.79 Å². The van der Waals surface area contributed by atoms with Gasteiger partial charge >= 0.3 is 6.09 Å². The van der Waals surface area contributed by atoms with Crippen LogP contribution in [0.5, 0.6) is 0 Å². The maximum atomic E-state index is 9.91. The lowest BCUT2D eigenvalue weighted by atomic mass is 10.5. The van der Waals surface area contributed by atoms with Crippen LogP contribution in [0.1, 0.15) is 6.42 Å². The van der Waals surface area contributed by atoms with E-state index in [4.69, 9.17) is 0 Å². The number of hydrazine groups is 1. The van der Waals surface area contributed by atoms with Gasteiger partial charge in [-0.2, -0.15) is 0 Å². The van der Waals surface area contributed by atoms with Gasteiger partial charge in [0.1, 0.15) is 6.61 Å². The van der Waals surface area contributed by atoms with E-state index in [2.05, 4.69) is 20.3 Å². The van der Waals surface area contributed by atoms with Crippen molar-refractivity contribution in [1.29, 1.82) is 0 Å². The van der Waals surface area contributed by atoms with E-state index in [1.165, 1.54) is 12.2 Å². The Morgan fingerprint density at radius 2 is 2.33 bits per heavy atom. The summed E-state index contributed by atoms with van der Waals surface area (Å²) in [4.78, 5) is 12.9. The number of hydrogen-bond donors (Lipinski definition) is 3. The Kier molecular flexibility index (Phi) is 4.89. The van der Waals surface area contributed by atoms with Gasteiger partial charge in [0, 0.05) is 12.3 Å². The summed E-state index contributed by atoms with van der Waals surface area (Å²) in [5.41, 5.74) is 3.00. The predicted molar refractivity (Wildman–Crippen MR) is 47.6 cm³/mol. The van der Waals surface area contributed by atoms with Crippen molar-refractivity contribution in [2.75, 3.05) is 25.4 Å². The predicted octanol–water partition coefficient (Wildman–Crippen LogP) is -0.141. The number of carbonyl (C=O) groups is 1. The summed E-state index contributed by atoms with van der Waals surface area (Å²) in [6.45, 7) is 2.31. The monoisotopic (exact) mass is 191 g/mol. The van der Waals surface area contributed by atoms with Gasteiger partial charge in [-0.15, -0.1) is 0 Å². The molecule has 0 aliphatic carbocycles. The normalized spacial score (nSPS) is 21.8. The summed E-state index contributed by atoms with van der Waals surface area (Å²) in [6.07, 6.45) is 0.993. The van der Waals surface area contributed by atoms with Crippen LogP contribution in [0.4, 0.5) is 4.79 Å². The van der Waals surface area contributed by atoms with Crippen LogP contribution in [-0.2, 0) is 4.74 Å². The van der Waals surface area contributed by atoms with Crippen LogP contribution in [0.2, 0.25) is 0 Å². The molecule has 0 aromatic rings. The number of cyclic esters (lactones) is 1. The molecule has 0 bridgehead atoms. The summed E-state index contributed by atoms with van der Waals surface area (Å²) in [5.74, 6) is 1.24. The first-order valence-electron chi connectivity index (χ1n) is 3.90. The van der Waals surface area contributed by atoms with Crippen LogP contribution in [0.25, 0.3) is 0 Å². The maximum Gasteiger partial charge on any atom is 0.407 e. The Labute approximate surface area is 75.7 Å². The van der Waals surface area contributed by atoms with Crippen LogP contribution in [0.15, 0.2) is 0 Å². The lowest BCUT2D eigenvalue weighted by Crippen LogP contribution is -2.31. The summed E-state index contributed by atoms with van der Waals surface area (Å²) in [6, 6.07) is 0. The largest absolute Gasteiger partial charge is 0.448 e. The molecule has 2 heterocycles. The average Bonchev–Trinajstić information content (AvgIpc) is 2.60. The van der Waals surface area contributed by atoms with Crippen molar-refractivity contribution in [3.63, 3.8) is 0 Å². The second kappa shape index (κ2) is 6.10. The first-order valence-corrected chi connectivity index (χ1v) is 4.88. The molecular weight excluding hydrogens is 178 g/mol. The van der Waals surface area contributed by atoms with Gasteiger partial charge in [0.25, 0.3) is 0 Å². The van der Waals surface area contributed by atoms with E-state index in [-0.39, 0.29) is 6.09 Å². The molecule has 2 rings (SSSR count). The Morgan fingerprint density at radius 1 is 1.42 bits per heavy atom. The fourth-order valence-electron chi connectivity index (χ4n) is 0.734. The van der Waals surface area contributed by atoms with Crippen LogP contribution >= 0.6 is 11.9 Å². The minimum Gasteiger partial charge on any atom is -0.448 e. The topological polar surface area (TPSA) is 62.4 Å². The van der Waals surface area contributed by atoms with Gasteiger partial charge in [0.15, 0.2) is 0 Å². The third kappa shape index (κ3) is 4.42. The summed E-state index contributed by atoms with van der Waals surface area (Å²) in [5, 5.41) is 2.46. The minimum absolute atomic E-state index is 0.296. The van der Waals surface area contributed by atoms with Crippen molar-refractivity contribution in [2.24, 2.45) is 0 Å². The van der Waals surface area contributed by atoms with Crippen molar-refractivity contribution in [1.82, 2.24) is 15.6 Å². The number of carbonyl (C=O) groups excluding carboxylic acids is 1. The van der Waals surface area contributed by atoms with Gasteiger partial charge in [0.2, 0.25) is 0 Å². The quantitative estimate of drug-likeness (QED) is 0.465. The molecule has 0 saturated carbocycles. The zero-order valence-corrected chi connectivity index (χ0v) is 7.58. The maximum absolute atomic E-state index is 9.91. The number of rotatable bonds is 0. The van der Waals surface area contributed by atoms with Gasteiger partial charge in [-0.1, -0.05) is 11.9 Å². The molecule has 1 amide bonds. The van der Waals surface area contributed by atoms with E-state index >= 15 is 0 Å². The summed E-state index contributed by atoms with van der Waals surface area (Å²) < 4.78 is 4.40. The molecule has 3 N–H and O–H groups in total. The average molecular weight is 191 g/mol. The van der Waals surface area contributed by atoms with Gasteiger partial charge in [-0.05, 0) is 6.42 Å². The van der Waals surface area contributed by atoms with Crippen molar-refractivity contribution < 1.29 is 9.53 Å². The molecule has 2 aliphatic rings. The Morgan fingerprint density at radius 3 is 2.50 bits per heavy atom. The van der Waals surface area contributed by atoms with Crippen molar-refractivity contribution in [2.45, 2.75) is 6.42 Å².